The summed E-state index contributed by atoms with van der Waals surface area (Å²) in [6.07, 6.45) is 8.21. The average Bonchev–Trinajstić information content (AvgIpc) is 3.13. The predicted octanol–water partition coefficient (Wildman–Crippen LogP) is 2.65. The molecule has 4 rings (SSSR count). The van der Waals surface area contributed by atoms with Crippen LogP contribution < -0.4 is 0 Å². The summed E-state index contributed by atoms with van der Waals surface area (Å²) in [6.45, 7) is 0. The van der Waals surface area contributed by atoms with Gasteiger partial charge in [-0.1, -0.05) is 12.2 Å². The van der Waals surface area contributed by atoms with Gasteiger partial charge in [-0.05, 0) is 66.6 Å². The van der Waals surface area contributed by atoms with E-state index in [-0.39, 0.29) is 18.8 Å². The molecule has 4 aliphatic rings. The molecule has 3 fully saturated rings. The quantitative estimate of drug-likeness (QED) is 0.603. The van der Waals surface area contributed by atoms with Crippen LogP contribution in [0.25, 0.3) is 0 Å². The number of carboxylic acid groups (broad SMARTS) is 2. The maximum atomic E-state index is 11.2. The SMILES string of the molecule is O=C(O)CCC1C(CC(=O)O)C2CC1C1C3C=CC(C3)C21. The highest BCUT2D eigenvalue weighted by Crippen LogP contribution is 2.69. The third-order valence-electron chi connectivity index (χ3n) is 6.87. The highest BCUT2D eigenvalue weighted by atomic mass is 16.4. The van der Waals surface area contributed by atoms with Gasteiger partial charge in [0.25, 0.3) is 0 Å². The van der Waals surface area contributed by atoms with Crippen molar-refractivity contribution in [3.63, 3.8) is 0 Å². The van der Waals surface area contributed by atoms with Crippen LogP contribution >= 0.6 is 0 Å². The zero-order chi connectivity index (χ0) is 14.7. The van der Waals surface area contributed by atoms with Crippen molar-refractivity contribution in [2.75, 3.05) is 0 Å². The van der Waals surface area contributed by atoms with Crippen LogP contribution in [0.4, 0.5) is 0 Å². The minimum Gasteiger partial charge on any atom is -0.481 e. The Labute approximate surface area is 124 Å². The Morgan fingerprint density at radius 2 is 1.52 bits per heavy atom. The van der Waals surface area contributed by atoms with Gasteiger partial charge in [0.05, 0.1) is 0 Å². The lowest BCUT2D eigenvalue weighted by atomic mass is 9.63. The lowest BCUT2D eigenvalue weighted by Crippen LogP contribution is -2.38. The van der Waals surface area contributed by atoms with Gasteiger partial charge in [-0.25, -0.2) is 0 Å². The summed E-state index contributed by atoms with van der Waals surface area (Å²) < 4.78 is 0. The molecule has 0 aliphatic heterocycles. The van der Waals surface area contributed by atoms with E-state index in [1.807, 2.05) is 0 Å². The molecule has 0 spiro atoms. The molecule has 8 atom stereocenters. The molecule has 0 aromatic carbocycles. The molecule has 4 nitrogen and oxygen atoms in total. The van der Waals surface area contributed by atoms with Gasteiger partial charge in [-0.3, -0.25) is 9.59 Å². The fourth-order valence-electron chi connectivity index (χ4n) is 6.51. The highest BCUT2D eigenvalue weighted by Gasteiger charge is 2.64. The van der Waals surface area contributed by atoms with E-state index >= 15 is 0 Å². The normalized spacial score (nSPS) is 48.8. The summed E-state index contributed by atoms with van der Waals surface area (Å²) in [5, 5.41) is 18.2. The second-order valence-corrected chi connectivity index (χ2v) is 7.52. The molecule has 8 unspecified atom stereocenters. The maximum Gasteiger partial charge on any atom is 0.303 e. The molecule has 0 aromatic rings. The minimum atomic E-state index is -0.753. The van der Waals surface area contributed by atoms with E-state index in [1.165, 1.54) is 6.42 Å². The van der Waals surface area contributed by atoms with Crippen molar-refractivity contribution in [3.8, 4) is 0 Å². The van der Waals surface area contributed by atoms with Gasteiger partial charge >= 0.3 is 11.9 Å². The van der Waals surface area contributed by atoms with E-state index in [4.69, 9.17) is 5.11 Å². The van der Waals surface area contributed by atoms with Gasteiger partial charge in [0.1, 0.15) is 0 Å². The third-order valence-corrected chi connectivity index (χ3v) is 6.87. The van der Waals surface area contributed by atoms with E-state index < -0.39 is 11.9 Å². The molecule has 0 heterocycles. The zero-order valence-electron chi connectivity index (χ0n) is 12.0. The molecule has 4 aliphatic carbocycles. The van der Waals surface area contributed by atoms with E-state index in [0.29, 0.717) is 47.8 Å². The van der Waals surface area contributed by atoms with Crippen molar-refractivity contribution >= 4 is 11.9 Å². The molecular formula is C17H22O4. The fourth-order valence-corrected chi connectivity index (χ4v) is 6.51. The average molecular weight is 290 g/mol. The van der Waals surface area contributed by atoms with Crippen LogP contribution in [0.1, 0.15) is 32.1 Å². The molecule has 21 heavy (non-hydrogen) atoms. The van der Waals surface area contributed by atoms with Gasteiger partial charge in [0.15, 0.2) is 0 Å². The van der Waals surface area contributed by atoms with Crippen LogP contribution in [0.15, 0.2) is 12.2 Å². The molecule has 0 radical (unpaired) electrons. The van der Waals surface area contributed by atoms with Gasteiger partial charge in [0, 0.05) is 12.8 Å². The summed E-state index contributed by atoms with van der Waals surface area (Å²) in [5.41, 5.74) is 0. The van der Waals surface area contributed by atoms with Crippen LogP contribution in [-0.4, -0.2) is 22.2 Å². The Morgan fingerprint density at radius 1 is 0.905 bits per heavy atom. The summed E-state index contributed by atoms with van der Waals surface area (Å²) in [4.78, 5) is 22.2. The molecule has 0 amide bonds. The van der Waals surface area contributed by atoms with Crippen LogP contribution in [-0.2, 0) is 9.59 Å². The van der Waals surface area contributed by atoms with Crippen LogP contribution in [0.3, 0.4) is 0 Å². The molecule has 2 N–H and O–H groups in total. The summed E-state index contributed by atoms with van der Waals surface area (Å²) in [5.74, 6) is 2.92. The van der Waals surface area contributed by atoms with E-state index in [2.05, 4.69) is 12.2 Å². The molecule has 4 heteroatoms. The smallest absolute Gasteiger partial charge is 0.303 e. The topological polar surface area (TPSA) is 74.6 Å². The lowest BCUT2D eigenvalue weighted by molar-refractivity contribution is -0.139. The Balaban J connectivity index is 1.59. The molecule has 0 saturated heterocycles. The standard InChI is InChI=1S/C17H22O4/c18-14(19)4-3-10-11(7-15(20)21)13-6-12(10)16-8-1-2-9(5-8)17(13)16/h1-2,8-13,16-17H,3-7H2,(H,18,19)(H,20,21). The number of hydrogen-bond donors (Lipinski definition) is 2. The number of allylic oxidation sites excluding steroid dienone is 2. The van der Waals surface area contributed by atoms with E-state index in [1.54, 1.807) is 0 Å². The van der Waals surface area contributed by atoms with Crippen molar-refractivity contribution in [3.05, 3.63) is 12.2 Å². The Morgan fingerprint density at radius 3 is 2.10 bits per heavy atom. The molecule has 0 aromatic heterocycles. The fraction of sp³-hybridized carbons (Fsp3) is 0.765. The first-order chi connectivity index (χ1) is 10.1. The van der Waals surface area contributed by atoms with Gasteiger partial charge < -0.3 is 10.2 Å². The first-order valence-electron chi connectivity index (χ1n) is 8.18. The first-order valence-corrected chi connectivity index (χ1v) is 8.18. The molecular weight excluding hydrogens is 268 g/mol. The lowest BCUT2D eigenvalue weighted by Gasteiger charge is -2.41. The van der Waals surface area contributed by atoms with Gasteiger partial charge in [-0.15, -0.1) is 0 Å². The first kappa shape index (κ1) is 13.4. The summed E-state index contributed by atoms with van der Waals surface area (Å²) in [6, 6.07) is 0. The Hall–Kier alpha value is -1.32. The second kappa shape index (κ2) is 4.59. The van der Waals surface area contributed by atoms with Crippen molar-refractivity contribution in [2.24, 2.45) is 47.3 Å². The largest absolute Gasteiger partial charge is 0.481 e. The zero-order valence-corrected chi connectivity index (χ0v) is 12.0. The highest BCUT2D eigenvalue weighted by molar-refractivity contribution is 5.68. The second-order valence-electron chi connectivity index (χ2n) is 7.52. The summed E-state index contributed by atoms with van der Waals surface area (Å²) >= 11 is 0. The van der Waals surface area contributed by atoms with E-state index in [9.17, 15) is 14.7 Å². The predicted molar refractivity (Wildman–Crippen MR) is 75.4 cm³/mol. The maximum absolute atomic E-state index is 11.2. The molecule has 3 saturated carbocycles. The van der Waals surface area contributed by atoms with Gasteiger partial charge in [-0.2, -0.15) is 0 Å². The third kappa shape index (κ3) is 1.87. The number of carbonyl (C=O) groups is 2. The van der Waals surface area contributed by atoms with Crippen molar-refractivity contribution in [1.82, 2.24) is 0 Å². The van der Waals surface area contributed by atoms with Crippen molar-refractivity contribution < 1.29 is 19.8 Å². The summed E-state index contributed by atoms with van der Waals surface area (Å²) in [7, 11) is 0. The Kier molecular flexibility index (Phi) is 2.92. The number of fused-ring (bicyclic) bond motifs is 9. The van der Waals surface area contributed by atoms with Crippen LogP contribution in [0.5, 0.6) is 0 Å². The number of rotatable bonds is 5. The monoisotopic (exact) mass is 290 g/mol. The van der Waals surface area contributed by atoms with Crippen LogP contribution in [0.2, 0.25) is 0 Å². The number of carboxylic acids is 2. The molecule has 114 valence electrons. The minimum absolute atomic E-state index is 0.186. The number of aliphatic carboxylic acids is 2. The van der Waals surface area contributed by atoms with E-state index in [0.717, 1.165) is 6.42 Å². The van der Waals surface area contributed by atoms with Crippen molar-refractivity contribution in [1.29, 1.82) is 0 Å². The van der Waals surface area contributed by atoms with Crippen molar-refractivity contribution in [2.45, 2.75) is 32.1 Å². The molecule has 4 bridgehead atoms. The van der Waals surface area contributed by atoms with Crippen LogP contribution in [0, 0.1) is 47.3 Å². The Bertz CT molecular complexity index is 511. The number of hydrogen-bond acceptors (Lipinski definition) is 2. The van der Waals surface area contributed by atoms with Gasteiger partial charge in [0.2, 0.25) is 0 Å².